The first-order chi connectivity index (χ1) is 26.4. The van der Waals surface area contributed by atoms with Crippen LogP contribution in [0.25, 0.3) is 5.57 Å². The van der Waals surface area contributed by atoms with Gasteiger partial charge in [-0.2, -0.15) is 0 Å². The predicted molar refractivity (Wildman–Crippen MR) is 234 cm³/mol. The van der Waals surface area contributed by atoms with Crippen LogP contribution in [-0.2, 0) is 9.53 Å². The average molecular weight is 776 g/mol. The maximum absolute atomic E-state index is 13.8. The molecule has 0 aliphatic heterocycles. The minimum atomic E-state index is -0.543. The summed E-state index contributed by atoms with van der Waals surface area (Å²) in [7, 11) is 9.75. The number of allylic oxidation sites excluding steroid dienone is 3. The van der Waals surface area contributed by atoms with Crippen LogP contribution in [0.3, 0.4) is 0 Å². The van der Waals surface area contributed by atoms with Crippen LogP contribution in [-0.4, -0.2) is 94.2 Å². The lowest BCUT2D eigenvalue weighted by molar-refractivity contribution is -0.159. The van der Waals surface area contributed by atoms with Crippen molar-refractivity contribution in [3.05, 3.63) is 52.6 Å². The first-order valence-corrected chi connectivity index (χ1v) is 22.2. The van der Waals surface area contributed by atoms with Gasteiger partial charge in [0.25, 0.3) is 0 Å². The molecule has 1 aromatic rings. The van der Waals surface area contributed by atoms with Crippen LogP contribution in [0.1, 0.15) is 136 Å². The second kappa shape index (κ2) is 18.7. The molecular weight excluding hydrogens is 695 g/mol. The monoisotopic (exact) mass is 776 g/mol. The number of carbonyl (C=O) groups is 2. The fraction of sp³-hybridized carbons (Fsp3) is 0.755. The highest BCUT2D eigenvalue weighted by Crippen LogP contribution is 2.73. The summed E-state index contributed by atoms with van der Waals surface area (Å²) in [4.78, 5) is 30.3. The minimum absolute atomic E-state index is 0.00852. The highest BCUT2D eigenvalue weighted by Gasteiger charge is 2.66. The third kappa shape index (κ3) is 8.68. The molecule has 5 aliphatic carbocycles. The Bertz CT molecular complexity index is 1560. The summed E-state index contributed by atoms with van der Waals surface area (Å²) >= 11 is 0. The number of nitrogens with zero attached hydrogens (tertiary/aromatic N) is 2. The first kappa shape index (κ1) is 46.4. The van der Waals surface area contributed by atoms with E-state index in [1.807, 2.05) is 26.0 Å². The zero-order valence-corrected chi connectivity index (χ0v) is 38.1. The molecule has 3 saturated carbocycles. The molecule has 0 heterocycles. The third-order valence-electron chi connectivity index (χ3n) is 15.2. The summed E-state index contributed by atoms with van der Waals surface area (Å²) in [6.45, 7) is 24.2. The van der Waals surface area contributed by atoms with E-state index in [4.69, 9.17) is 4.74 Å². The van der Waals surface area contributed by atoms with Gasteiger partial charge in [0.1, 0.15) is 0 Å². The van der Waals surface area contributed by atoms with E-state index in [0.29, 0.717) is 48.0 Å². The molecular formula is C49H81N3O4. The lowest BCUT2D eigenvalue weighted by Gasteiger charge is -2.68. The quantitative estimate of drug-likeness (QED) is 0.171. The van der Waals surface area contributed by atoms with Gasteiger partial charge in [-0.05, 0) is 161 Å². The first-order valence-electron chi connectivity index (χ1n) is 22.2. The van der Waals surface area contributed by atoms with Crippen molar-refractivity contribution >= 4 is 17.3 Å². The summed E-state index contributed by atoms with van der Waals surface area (Å²) in [6, 6.07) is 8.01. The number of hydrogen-bond acceptors (Lipinski definition) is 7. The van der Waals surface area contributed by atoms with Gasteiger partial charge in [-0.25, -0.2) is 4.79 Å². The van der Waals surface area contributed by atoms with Crippen molar-refractivity contribution in [3.8, 4) is 0 Å². The van der Waals surface area contributed by atoms with Crippen LogP contribution < -0.4 is 5.32 Å². The number of rotatable bonds is 11. The van der Waals surface area contributed by atoms with Crippen molar-refractivity contribution in [1.29, 1.82) is 0 Å². The highest BCUT2D eigenvalue weighted by atomic mass is 16.5. The Morgan fingerprint density at radius 3 is 2.11 bits per heavy atom. The van der Waals surface area contributed by atoms with Crippen LogP contribution in [0.5, 0.6) is 0 Å². The van der Waals surface area contributed by atoms with Crippen LogP contribution in [0.4, 0.5) is 0 Å². The number of fused-ring (bicyclic) bond motifs is 7. The summed E-state index contributed by atoms with van der Waals surface area (Å²) in [5, 5.41) is 15.5. The number of methoxy groups -OCH3 is 1. The van der Waals surface area contributed by atoms with Gasteiger partial charge < -0.3 is 25.0 Å². The van der Waals surface area contributed by atoms with Gasteiger partial charge in [0.05, 0.1) is 18.8 Å². The van der Waals surface area contributed by atoms with Gasteiger partial charge in [0, 0.05) is 31.5 Å². The van der Waals surface area contributed by atoms with Gasteiger partial charge in [0.15, 0.2) is 5.78 Å². The minimum Gasteiger partial charge on any atom is -0.465 e. The molecule has 8 atom stereocenters. The zero-order chi connectivity index (χ0) is 41.8. The predicted octanol–water partition coefficient (Wildman–Crippen LogP) is 9.55. The molecule has 5 aliphatic rings. The second-order valence-corrected chi connectivity index (χ2v) is 19.7. The fourth-order valence-corrected chi connectivity index (χ4v) is 13.0. The topological polar surface area (TPSA) is 82.1 Å². The fourth-order valence-electron chi connectivity index (χ4n) is 13.0. The van der Waals surface area contributed by atoms with Gasteiger partial charge >= 0.3 is 5.97 Å². The van der Waals surface area contributed by atoms with E-state index in [1.54, 1.807) is 0 Å². The van der Waals surface area contributed by atoms with E-state index in [1.165, 1.54) is 56.0 Å². The normalized spacial score (nSPS) is 32.2. The van der Waals surface area contributed by atoms with Crippen molar-refractivity contribution in [2.45, 2.75) is 126 Å². The molecule has 0 aromatic heterocycles. The molecule has 8 unspecified atom stereocenters. The van der Waals surface area contributed by atoms with Crippen LogP contribution in [0, 0.1) is 51.2 Å². The summed E-state index contributed by atoms with van der Waals surface area (Å²) in [6.07, 6.45) is 11.6. The second-order valence-electron chi connectivity index (χ2n) is 19.7. The van der Waals surface area contributed by atoms with E-state index in [2.05, 4.69) is 110 Å². The number of Topliss-reactive ketones (excluding diaryl/α,β-unsaturated/α-hetero) is 1. The Morgan fingerprint density at radius 2 is 1.55 bits per heavy atom. The zero-order valence-electron chi connectivity index (χ0n) is 38.1. The van der Waals surface area contributed by atoms with Crippen LogP contribution >= 0.6 is 0 Å². The van der Waals surface area contributed by atoms with Gasteiger partial charge in [0.2, 0.25) is 0 Å². The number of hydrogen-bond donors (Lipinski definition) is 2. The van der Waals surface area contributed by atoms with Crippen molar-refractivity contribution in [3.63, 3.8) is 0 Å². The molecule has 7 nitrogen and oxygen atoms in total. The lowest BCUT2D eigenvalue weighted by Crippen LogP contribution is -2.61. The molecule has 1 aromatic carbocycles. The molecule has 0 radical (unpaired) electrons. The summed E-state index contributed by atoms with van der Waals surface area (Å²) in [5.74, 6) is 2.30. The SMILES string of the molecule is CC.CCCN(C)C.COC(=O)c1ccc(C2=CCC3(C)C(CCC4(C)C5CCC6(C(O)CNCCN(C)C)CC(=O)C(C(C)C)=C6C5CCC43)C2(C)C)cc1. The maximum atomic E-state index is 13.8. The lowest BCUT2D eigenvalue weighted by atomic mass is 9.37. The van der Waals surface area contributed by atoms with E-state index < -0.39 is 11.5 Å². The van der Waals surface area contributed by atoms with Crippen molar-refractivity contribution < 1.29 is 19.4 Å². The van der Waals surface area contributed by atoms with E-state index >= 15 is 0 Å². The Kier molecular flexibility index (Phi) is 15.5. The van der Waals surface area contributed by atoms with Gasteiger partial charge in [-0.3, -0.25) is 4.79 Å². The number of aliphatic hydroxyl groups excluding tert-OH is 1. The molecule has 316 valence electrons. The van der Waals surface area contributed by atoms with Gasteiger partial charge in [-0.15, -0.1) is 0 Å². The van der Waals surface area contributed by atoms with E-state index in [9.17, 15) is 14.7 Å². The van der Waals surface area contributed by atoms with Crippen LogP contribution in [0.15, 0.2) is 41.5 Å². The van der Waals surface area contributed by atoms with E-state index in [-0.39, 0.29) is 28.1 Å². The molecule has 56 heavy (non-hydrogen) atoms. The van der Waals surface area contributed by atoms with E-state index in [0.717, 1.165) is 44.3 Å². The number of ketones is 1. The third-order valence-corrected chi connectivity index (χ3v) is 15.2. The number of likely N-dealkylation sites (N-methyl/N-ethyl adjacent to an activating group) is 1. The van der Waals surface area contributed by atoms with Crippen molar-refractivity contribution in [1.82, 2.24) is 15.1 Å². The number of carbonyl (C=O) groups excluding carboxylic acids is 2. The highest BCUT2D eigenvalue weighted by molar-refractivity contribution is 6.00. The Balaban J connectivity index is 0.000000796. The Hall–Kier alpha value is -2.32. The Labute approximate surface area is 342 Å². The number of aliphatic hydroxyl groups is 1. The van der Waals surface area contributed by atoms with Crippen molar-refractivity contribution in [2.24, 2.45) is 51.2 Å². The average Bonchev–Trinajstić information content (AvgIpc) is 3.47. The smallest absolute Gasteiger partial charge is 0.337 e. The summed E-state index contributed by atoms with van der Waals surface area (Å²) in [5.41, 5.74) is 5.64. The molecule has 0 bridgehead atoms. The van der Waals surface area contributed by atoms with Crippen molar-refractivity contribution in [2.75, 3.05) is 61.5 Å². The summed E-state index contributed by atoms with van der Waals surface area (Å²) < 4.78 is 4.94. The molecule has 7 heteroatoms. The number of nitrogens with one attached hydrogen (secondary N) is 1. The molecule has 2 N–H and O–H groups in total. The standard InChI is InChI=1S/C42H62N2O4.C5H13N.C2H6/c1-26(2)36-32(45)24-42(35(46)25-43-22-23-44(7)8)21-17-31-29(37(36)42)14-15-34-40(31,5)20-18-33-39(3,4)30(16-19-41(33,34)6)27-10-12-28(13-11-27)38(47)48-9;1-4-5-6(2)3;1-2/h10-13,16,26,29,31,33-35,43,46H,14-15,17-25H2,1-9H3;4-5H2,1-3H3;1-2H3. The molecule has 3 fully saturated rings. The largest absolute Gasteiger partial charge is 0.465 e. The number of ether oxygens (including phenoxy) is 1. The Morgan fingerprint density at radius 1 is 0.911 bits per heavy atom. The molecule has 0 saturated heterocycles. The molecule has 6 rings (SSSR count). The molecule has 0 amide bonds. The van der Waals surface area contributed by atoms with Crippen LogP contribution in [0.2, 0.25) is 0 Å². The van der Waals surface area contributed by atoms with Gasteiger partial charge in [-0.1, -0.05) is 86.1 Å². The number of esters is 1. The maximum Gasteiger partial charge on any atom is 0.337 e. The number of benzene rings is 1. The molecule has 0 spiro atoms.